The second kappa shape index (κ2) is 7.70. The van der Waals surface area contributed by atoms with Crippen LogP contribution >= 0.6 is 0 Å². The van der Waals surface area contributed by atoms with E-state index in [9.17, 15) is 0 Å². The van der Waals surface area contributed by atoms with Crippen molar-refractivity contribution >= 4 is 0 Å². The highest BCUT2D eigenvalue weighted by atomic mass is 16.5. The van der Waals surface area contributed by atoms with Gasteiger partial charge in [0.15, 0.2) is 0 Å². The van der Waals surface area contributed by atoms with Gasteiger partial charge in [-0.3, -0.25) is 0 Å². The summed E-state index contributed by atoms with van der Waals surface area (Å²) < 4.78 is 11.5. The van der Waals surface area contributed by atoms with Gasteiger partial charge < -0.3 is 15.2 Å². The van der Waals surface area contributed by atoms with Crippen LogP contribution in [0.2, 0.25) is 0 Å². The smallest absolute Gasteiger partial charge is 0.122 e. The highest BCUT2D eigenvalue weighted by Crippen LogP contribution is 2.25. The Morgan fingerprint density at radius 2 is 1.71 bits per heavy atom. The van der Waals surface area contributed by atoms with Gasteiger partial charge in [0.25, 0.3) is 0 Å². The summed E-state index contributed by atoms with van der Waals surface area (Å²) in [6.45, 7) is 5.89. The van der Waals surface area contributed by atoms with E-state index in [0.29, 0.717) is 25.7 Å². The first-order valence-corrected chi connectivity index (χ1v) is 7.34. The minimum Gasteiger partial charge on any atom is -0.490 e. The first kappa shape index (κ1) is 15.4. The zero-order valence-corrected chi connectivity index (χ0v) is 12.7. The molecular weight excluding hydrogens is 262 g/mol. The van der Waals surface area contributed by atoms with Gasteiger partial charge in [0.2, 0.25) is 0 Å². The predicted molar refractivity (Wildman–Crippen MR) is 85.9 cm³/mol. The lowest BCUT2D eigenvalue weighted by atomic mass is 10.0. The van der Waals surface area contributed by atoms with Crippen LogP contribution in [0.3, 0.4) is 0 Å². The zero-order chi connectivity index (χ0) is 15.1. The Morgan fingerprint density at radius 3 is 2.48 bits per heavy atom. The highest BCUT2D eigenvalue weighted by molar-refractivity contribution is 5.35. The molecule has 0 aromatic heterocycles. The molecule has 21 heavy (non-hydrogen) atoms. The molecule has 3 heteroatoms. The molecule has 0 aliphatic carbocycles. The molecule has 0 bridgehead atoms. The van der Waals surface area contributed by atoms with E-state index < -0.39 is 0 Å². The maximum atomic E-state index is 5.83. The summed E-state index contributed by atoms with van der Waals surface area (Å²) in [5.74, 6) is 2.22. The number of hydrogen-bond acceptors (Lipinski definition) is 3. The normalized spacial score (nSPS) is 10.7. The maximum absolute atomic E-state index is 5.83. The monoisotopic (exact) mass is 285 g/mol. The fourth-order valence-electron chi connectivity index (χ4n) is 2.16. The fraction of sp³-hybridized carbons (Fsp3) is 0.333. The number of hydrogen-bond donors (Lipinski definition) is 1. The standard InChI is InChI=1S/C18H23NO2/c1-14(2)17-8-3-4-9-18(17)21-11-10-20-16-7-5-6-15(12-16)13-19/h3-9,12,14H,10-11,13,19H2,1-2H3. The summed E-state index contributed by atoms with van der Waals surface area (Å²) in [5, 5.41) is 0. The largest absolute Gasteiger partial charge is 0.490 e. The molecule has 0 saturated carbocycles. The van der Waals surface area contributed by atoms with Gasteiger partial charge in [-0.2, -0.15) is 0 Å². The lowest BCUT2D eigenvalue weighted by Crippen LogP contribution is -2.10. The Kier molecular flexibility index (Phi) is 5.64. The number of rotatable bonds is 7. The van der Waals surface area contributed by atoms with Crippen molar-refractivity contribution in [2.45, 2.75) is 26.3 Å². The Morgan fingerprint density at radius 1 is 0.952 bits per heavy atom. The van der Waals surface area contributed by atoms with E-state index in [0.717, 1.165) is 17.1 Å². The van der Waals surface area contributed by atoms with E-state index in [1.165, 1.54) is 5.56 Å². The summed E-state index contributed by atoms with van der Waals surface area (Å²) in [6.07, 6.45) is 0. The molecule has 0 atom stereocenters. The minimum absolute atomic E-state index is 0.448. The van der Waals surface area contributed by atoms with Crippen molar-refractivity contribution < 1.29 is 9.47 Å². The zero-order valence-electron chi connectivity index (χ0n) is 12.7. The molecule has 0 heterocycles. The van der Waals surface area contributed by atoms with E-state index in [-0.39, 0.29) is 0 Å². The van der Waals surface area contributed by atoms with Gasteiger partial charge >= 0.3 is 0 Å². The Labute approximate surface area is 126 Å². The number of ether oxygens (including phenoxy) is 2. The third-order valence-corrected chi connectivity index (χ3v) is 3.28. The Hall–Kier alpha value is -2.00. The van der Waals surface area contributed by atoms with Crippen LogP contribution in [0.25, 0.3) is 0 Å². The molecule has 0 spiro atoms. The van der Waals surface area contributed by atoms with Gasteiger partial charge in [0.05, 0.1) is 0 Å². The van der Waals surface area contributed by atoms with E-state index in [1.54, 1.807) is 0 Å². The van der Waals surface area contributed by atoms with Crippen molar-refractivity contribution in [3.63, 3.8) is 0 Å². The lowest BCUT2D eigenvalue weighted by molar-refractivity contribution is 0.215. The molecule has 0 unspecified atom stereocenters. The average Bonchev–Trinajstić information content (AvgIpc) is 2.52. The van der Waals surface area contributed by atoms with Crippen molar-refractivity contribution in [3.8, 4) is 11.5 Å². The van der Waals surface area contributed by atoms with Crippen LogP contribution in [0.5, 0.6) is 11.5 Å². The van der Waals surface area contributed by atoms with E-state index >= 15 is 0 Å². The molecule has 0 amide bonds. The number of benzene rings is 2. The Balaban J connectivity index is 1.85. The van der Waals surface area contributed by atoms with Gasteiger partial charge in [0.1, 0.15) is 24.7 Å². The summed E-state index contributed by atoms with van der Waals surface area (Å²) in [5.41, 5.74) is 7.91. The second-order valence-electron chi connectivity index (χ2n) is 5.24. The van der Waals surface area contributed by atoms with Crippen molar-refractivity contribution in [3.05, 3.63) is 59.7 Å². The average molecular weight is 285 g/mol. The van der Waals surface area contributed by atoms with Crippen LogP contribution in [-0.4, -0.2) is 13.2 Å². The van der Waals surface area contributed by atoms with Crippen LogP contribution in [0.4, 0.5) is 0 Å². The van der Waals surface area contributed by atoms with Gasteiger partial charge in [-0.05, 0) is 35.2 Å². The molecule has 2 rings (SSSR count). The number of para-hydroxylation sites is 1. The second-order valence-corrected chi connectivity index (χ2v) is 5.24. The third kappa shape index (κ3) is 4.50. The van der Waals surface area contributed by atoms with E-state index in [1.807, 2.05) is 42.5 Å². The molecule has 2 N–H and O–H groups in total. The van der Waals surface area contributed by atoms with Crippen LogP contribution < -0.4 is 15.2 Å². The third-order valence-electron chi connectivity index (χ3n) is 3.28. The van der Waals surface area contributed by atoms with E-state index in [4.69, 9.17) is 15.2 Å². The topological polar surface area (TPSA) is 44.5 Å². The van der Waals surface area contributed by atoms with Crippen molar-refractivity contribution in [2.24, 2.45) is 5.73 Å². The quantitative estimate of drug-likeness (QED) is 0.788. The highest BCUT2D eigenvalue weighted by Gasteiger charge is 2.06. The minimum atomic E-state index is 0.448. The van der Waals surface area contributed by atoms with Crippen LogP contribution in [0.15, 0.2) is 48.5 Å². The van der Waals surface area contributed by atoms with Gasteiger partial charge in [-0.25, -0.2) is 0 Å². The summed E-state index contributed by atoms with van der Waals surface area (Å²) in [4.78, 5) is 0. The van der Waals surface area contributed by atoms with Crippen LogP contribution in [0.1, 0.15) is 30.9 Å². The Bertz CT molecular complexity index is 567. The maximum Gasteiger partial charge on any atom is 0.122 e. The molecule has 2 aromatic carbocycles. The fourth-order valence-corrected chi connectivity index (χ4v) is 2.16. The first-order valence-electron chi connectivity index (χ1n) is 7.34. The van der Waals surface area contributed by atoms with Crippen molar-refractivity contribution in [1.82, 2.24) is 0 Å². The molecule has 0 fully saturated rings. The molecule has 112 valence electrons. The summed E-state index contributed by atoms with van der Waals surface area (Å²) >= 11 is 0. The molecule has 0 saturated heterocycles. The lowest BCUT2D eigenvalue weighted by Gasteiger charge is -2.14. The predicted octanol–water partition coefficient (Wildman–Crippen LogP) is 3.73. The molecule has 3 nitrogen and oxygen atoms in total. The van der Waals surface area contributed by atoms with Gasteiger partial charge in [0, 0.05) is 6.54 Å². The molecule has 0 aliphatic heterocycles. The molecule has 2 aromatic rings. The molecule has 0 aliphatic rings. The molecule has 0 radical (unpaired) electrons. The van der Waals surface area contributed by atoms with Crippen LogP contribution in [0, 0.1) is 0 Å². The van der Waals surface area contributed by atoms with Gasteiger partial charge in [-0.15, -0.1) is 0 Å². The summed E-state index contributed by atoms with van der Waals surface area (Å²) in [6, 6.07) is 16.0. The van der Waals surface area contributed by atoms with E-state index in [2.05, 4.69) is 19.9 Å². The summed E-state index contributed by atoms with van der Waals surface area (Å²) in [7, 11) is 0. The number of nitrogens with two attached hydrogens (primary N) is 1. The van der Waals surface area contributed by atoms with Crippen molar-refractivity contribution in [1.29, 1.82) is 0 Å². The van der Waals surface area contributed by atoms with Crippen molar-refractivity contribution in [2.75, 3.05) is 13.2 Å². The SMILES string of the molecule is CC(C)c1ccccc1OCCOc1cccc(CN)c1. The first-order chi connectivity index (χ1) is 10.2. The molecular formula is C18H23NO2. The van der Waals surface area contributed by atoms with Crippen LogP contribution in [-0.2, 0) is 6.54 Å². The van der Waals surface area contributed by atoms with Gasteiger partial charge in [-0.1, -0.05) is 44.2 Å².